The van der Waals surface area contributed by atoms with Crippen LogP contribution in [0.25, 0.3) is 15.9 Å². The highest BCUT2D eigenvalue weighted by molar-refractivity contribution is 7.98. The van der Waals surface area contributed by atoms with E-state index in [1.165, 1.54) is 10.4 Å². The molecule has 0 N–H and O–H groups in total. The number of nitrogens with zero attached hydrogens (tertiary/aromatic N) is 4. The number of pyridine rings is 1. The van der Waals surface area contributed by atoms with Gasteiger partial charge in [0.2, 0.25) is 0 Å². The Bertz CT molecular complexity index is 1220. The molecule has 0 saturated carbocycles. The van der Waals surface area contributed by atoms with E-state index in [4.69, 9.17) is 9.97 Å². The maximum atomic E-state index is 12.9. The minimum atomic E-state index is 0.0859. The van der Waals surface area contributed by atoms with Crippen LogP contribution < -0.4 is 5.56 Å². The number of aryl methyl sites for hydroxylation is 3. The van der Waals surface area contributed by atoms with Crippen molar-refractivity contribution in [3.8, 4) is 0 Å². The van der Waals surface area contributed by atoms with Gasteiger partial charge in [-0.3, -0.25) is 9.36 Å². The highest BCUT2D eigenvalue weighted by atomic mass is 32.2. The van der Waals surface area contributed by atoms with Gasteiger partial charge in [0.15, 0.2) is 5.16 Å². The van der Waals surface area contributed by atoms with Gasteiger partial charge in [0.25, 0.3) is 5.56 Å². The Labute approximate surface area is 158 Å². The van der Waals surface area contributed by atoms with E-state index in [-0.39, 0.29) is 5.56 Å². The Morgan fingerprint density at radius 1 is 1.31 bits per heavy atom. The minimum absolute atomic E-state index is 0.0859. The molecule has 0 aromatic carbocycles. The summed E-state index contributed by atoms with van der Waals surface area (Å²) in [6, 6.07) is 4.09. The van der Waals surface area contributed by atoms with Crippen molar-refractivity contribution < 1.29 is 0 Å². The van der Waals surface area contributed by atoms with E-state index in [1.807, 2.05) is 29.9 Å². The van der Waals surface area contributed by atoms with Crippen molar-refractivity contribution in [2.45, 2.75) is 37.1 Å². The summed E-state index contributed by atoms with van der Waals surface area (Å²) < 4.78 is 3.74. The maximum absolute atomic E-state index is 12.9. The third kappa shape index (κ3) is 2.41. The normalized spacial score (nSPS) is 13.8. The molecule has 5 nitrogen and oxygen atoms in total. The van der Waals surface area contributed by atoms with E-state index in [0.717, 1.165) is 51.5 Å². The molecule has 5 rings (SSSR count). The third-order valence-electron chi connectivity index (χ3n) is 4.98. The van der Waals surface area contributed by atoms with Crippen LogP contribution in [0.5, 0.6) is 0 Å². The summed E-state index contributed by atoms with van der Waals surface area (Å²) in [4.78, 5) is 24.6. The van der Waals surface area contributed by atoms with Crippen LogP contribution in [0.15, 0.2) is 34.5 Å². The molecule has 4 heterocycles. The molecule has 0 atom stereocenters. The molecule has 0 radical (unpaired) electrons. The van der Waals surface area contributed by atoms with Gasteiger partial charge in [-0.25, -0.2) is 9.97 Å². The third-order valence-corrected chi connectivity index (χ3v) is 7.23. The van der Waals surface area contributed by atoms with Gasteiger partial charge in [-0.05, 0) is 43.4 Å². The predicted molar refractivity (Wildman–Crippen MR) is 106 cm³/mol. The van der Waals surface area contributed by atoms with Gasteiger partial charge in [-0.15, -0.1) is 11.3 Å². The monoisotopic (exact) mass is 382 g/mol. The fourth-order valence-corrected chi connectivity index (χ4v) is 5.81. The lowest BCUT2D eigenvalue weighted by atomic mass is 10.2. The van der Waals surface area contributed by atoms with Crippen molar-refractivity contribution >= 4 is 39.0 Å². The van der Waals surface area contributed by atoms with Crippen LogP contribution in [0, 0.1) is 6.92 Å². The molecule has 4 aromatic rings. The molecule has 1 aliphatic rings. The molecule has 0 unspecified atom stereocenters. The van der Waals surface area contributed by atoms with Gasteiger partial charge < -0.3 is 4.40 Å². The zero-order valence-corrected chi connectivity index (χ0v) is 16.3. The molecule has 0 aliphatic heterocycles. The average Bonchev–Trinajstić information content (AvgIpc) is 3.30. The topological polar surface area (TPSA) is 52.2 Å². The van der Waals surface area contributed by atoms with Crippen LogP contribution in [0.2, 0.25) is 0 Å². The fourth-order valence-electron chi connectivity index (χ4n) is 3.65. The van der Waals surface area contributed by atoms with E-state index in [2.05, 4.69) is 13.0 Å². The first kappa shape index (κ1) is 16.1. The van der Waals surface area contributed by atoms with Gasteiger partial charge >= 0.3 is 0 Å². The highest BCUT2D eigenvalue weighted by Crippen LogP contribution is 2.35. The number of rotatable bonds is 3. The van der Waals surface area contributed by atoms with Gasteiger partial charge in [0.1, 0.15) is 10.5 Å². The quantitative estimate of drug-likeness (QED) is 0.400. The molecule has 1 aliphatic carbocycles. The Balaban J connectivity index is 1.50. The van der Waals surface area contributed by atoms with Crippen molar-refractivity contribution in [3.63, 3.8) is 0 Å². The average molecular weight is 383 g/mol. The van der Waals surface area contributed by atoms with Crippen LogP contribution in [0.1, 0.15) is 28.1 Å². The summed E-state index contributed by atoms with van der Waals surface area (Å²) in [5.74, 6) is 0.692. The number of imidazole rings is 1. The van der Waals surface area contributed by atoms with E-state index >= 15 is 0 Å². The van der Waals surface area contributed by atoms with Crippen LogP contribution >= 0.6 is 23.1 Å². The fraction of sp³-hybridized carbons (Fsp3) is 0.316. The molecular formula is C19H18N4OS2. The summed E-state index contributed by atoms with van der Waals surface area (Å²) in [5.41, 5.74) is 4.46. The molecule has 132 valence electrons. The Kier molecular flexibility index (Phi) is 3.68. The van der Waals surface area contributed by atoms with Crippen LogP contribution in [0.4, 0.5) is 0 Å². The lowest BCUT2D eigenvalue weighted by Gasteiger charge is -2.06. The number of thiophene rings is 1. The summed E-state index contributed by atoms with van der Waals surface area (Å²) in [6.45, 7) is 2.06. The zero-order chi connectivity index (χ0) is 17.8. The summed E-state index contributed by atoms with van der Waals surface area (Å²) in [5, 5.41) is 1.61. The predicted octanol–water partition coefficient (Wildman–Crippen LogP) is 3.73. The van der Waals surface area contributed by atoms with Crippen LogP contribution in [-0.4, -0.2) is 18.9 Å². The molecule has 26 heavy (non-hydrogen) atoms. The smallest absolute Gasteiger partial charge is 0.262 e. The Morgan fingerprint density at radius 2 is 2.19 bits per heavy atom. The molecule has 0 fully saturated rings. The second-order valence-corrected chi connectivity index (χ2v) is 8.77. The number of thioether (sulfide) groups is 1. The molecule has 0 amide bonds. The van der Waals surface area contributed by atoms with Crippen molar-refractivity contribution in [2.75, 3.05) is 0 Å². The molecule has 0 saturated heterocycles. The zero-order valence-electron chi connectivity index (χ0n) is 14.7. The van der Waals surface area contributed by atoms with Crippen molar-refractivity contribution in [1.82, 2.24) is 18.9 Å². The number of hydrogen-bond donors (Lipinski definition) is 0. The largest absolute Gasteiger partial charge is 0.307 e. The van der Waals surface area contributed by atoms with Crippen molar-refractivity contribution in [2.24, 2.45) is 7.05 Å². The molecule has 7 heteroatoms. The van der Waals surface area contributed by atoms with Gasteiger partial charge in [-0.1, -0.05) is 17.8 Å². The van der Waals surface area contributed by atoms with E-state index in [1.54, 1.807) is 27.7 Å². The summed E-state index contributed by atoms with van der Waals surface area (Å²) in [6.07, 6.45) is 7.31. The second-order valence-electron chi connectivity index (χ2n) is 6.74. The SMILES string of the molecule is Cc1cccn2cc(CSc3nc4sc5c(c4c(=O)n3C)CCC5)nc12. The molecule has 4 aromatic heterocycles. The molecular weight excluding hydrogens is 364 g/mol. The summed E-state index contributed by atoms with van der Waals surface area (Å²) >= 11 is 3.27. The highest BCUT2D eigenvalue weighted by Gasteiger charge is 2.22. The first-order valence-corrected chi connectivity index (χ1v) is 10.5. The lowest BCUT2D eigenvalue weighted by Crippen LogP contribution is -2.20. The van der Waals surface area contributed by atoms with E-state index in [0.29, 0.717) is 5.75 Å². The second kappa shape index (κ2) is 5.96. The van der Waals surface area contributed by atoms with Gasteiger partial charge in [0, 0.05) is 30.1 Å². The number of aromatic nitrogens is 4. The van der Waals surface area contributed by atoms with E-state index < -0.39 is 0 Å². The first-order chi connectivity index (χ1) is 12.6. The number of hydrogen-bond acceptors (Lipinski definition) is 5. The molecule has 0 bridgehead atoms. The first-order valence-electron chi connectivity index (χ1n) is 8.69. The van der Waals surface area contributed by atoms with Crippen molar-refractivity contribution in [1.29, 1.82) is 0 Å². The minimum Gasteiger partial charge on any atom is -0.307 e. The van der Waals surface area contributed by atoms with Crippen molar-refractivity contribution in [3.05, 3.63) is 56.6 Å². The van der Waals surface area contributed by atoms with Crippen LogP contribution in [0.3, 0.4) is 0 Å². The standard InChI is InChI=1S/C19H18N4OS2/c1-11-5-4-8-23-9-12(20-16(11)23)10-25-19-21-17-15(18(24)22(19)2)13-6-3-7-14(13)26-17/h4-5,8-9H,3,6-7,10H2,1-2H3. The summed E-state index contributed by atoms with van der Waals surface area (Å²) in [7, 11) is 1.82. The Morgan fingerprint density at radius 3 is 3.04 bits per heavy atom. The maximum Gasteiger partial charge on any atom is 0.262 e. The van der Waals surface area contributed by atoms with E-state index in [9.17, 15) is 4.79 Å². The molecule has 0 spiro atoms. The lowest BCUT2D eigenvalue weighted by molar-refractivity contribution is 0.726. The Hall–Kier alpha value is -2.12. The van der Waals surface area contributed by atoms with Crippen LogP contribution in [-0.2, 0) is 25.6 Å². The number of fused-ring (bicyclic) bond motifs is 4. The van der Waals surface area contributed by atoms with Gasteiger partial charge in [-0.2, -0.15) is 0 Å². The van der Waals surface area contributed by atoms with Gasteiger partial charge in [0.05, 0.1) is 11.1 Å².